The van der Waals surface area contributed by atoms with Crippen LogP contribution in [-0.4, -0.2) is 10.1 Å². The topological polar surface area (TPSA) is 46.3 Å². The number of nitrogens with zero attached hydrogens (tertiary/aromatic N) is 1. The van der Waals surface area contributed by atoms with Gasteiger partial charge in [0.25, 0.3) is 0 Å². The SMILES string of the molecule is OCc1nc2ccccc2o1. The monoisotopic (exact) mass is 149 g/mol. The number of rotatable bonds is 1. The lowest BCUT2D eigenvalue weighted by atomic mass is 10.3. The highest BCUT2D eigenvalue weighted by molar-refractivity contribution is 5.71. The van der Waals surface area contributed by atoms with E-state index < -0.39 is 0 Å². The van der Waals surface area contributed by atoms with Crippen molar-refractivity contribution in [1.29, 1.82) is 0 Å². The number of para-hydroxylation sites is 2. The van der Waals surface area contributed by atoms with Crippen LogP contribution in [0.25, 0.3) is 11.1 Å². The van der Waals surface area contributed by atoms with E-state index in [2.05, 4.69) is 4.98 Å². The summed E-state index contributed by atoms with van der Waals surface area (Å²) >= 11 is 0. The summed E-state index contributed by atoms with van der Waals surface area (Å²) in [5.74, 6) is 0.367. The third-order valence-corrected chi connectivity index (χ3v) is 1.47. The molecule has 2 rings (SSSR count). The van der Waals surface area contributed by atoms with Crippen LogP contribution in [0.1, 0.15) is 5.89 Å². The van der Waals surface area contributed by atoms with Gasteiger partial charge in [-0.1, -0.05) is 12.1 Å². The van der Waals surface area contributed by atoms with Crippen LogP contribution in [-0.2, 0) is 6.61 Å². The number of aliphatic hydroxyl groups excluding tert-OH is 1. The molecule has 3 heteroatoms. The zero-order valence-electron chi connectivity index (χ0n) is 5.82. The van der Waals surface area contributed by atoms with Gasteiger partial charge >= 0.3 is 0 Å². The first kappa shape index (κ1) is 6.37. The summed E-state index contributed by atoms with van der Waals surface area (Å²) in [7, 11) is 0. The van der Waals surface area contributed by atoms with Crippen molar-refractivity contribution in [1.82, 2.24) is 4.98 Å². The molecule has 0 fully saturated rings. The Morgan fingerprint density at radius 3 is 2.91 bits per heavy atom. The van der Waals surface area contributed by atoms with Gasteiger partial charge in [-0.25, -0.2) is 4.98 Å². The maximum absolute atomic E-state index is 8.68. The van der Waals surface area contributed by atoms with E-state index in [9.17, 15) is 0 Å². The van der Waals surface area contributed by atoms with Gasteiger partial charge in [-0.2, -0.15) is 0 Å². The molecule has 2 aromatic rings. The first-order chi connectivity index (χ1) is 5.40. The molecule has 0 bridgehead atoms. The van der Waals surface area contributed by atoms with E-state index in [-0.39, 0.29) is 6.61 Å². The minimum atomic E-state index is -0.144. The number of oxazole rings is 1. The molecule has 0 spiro atoms. The van der Waals surface area contributed by atoms with Crippen molar-refractivity contribution >= 4 is 11.1 Å². The molecular weight excluding hydrogens is 142 g/mol. The van der Waals surface area contributed by atoms with Crippen LogP contribution in [0, 0.1) is 0 Å². The van der Waals surface area contributed by atoms with Gasteiger partial charge in [-0.05, 0) is 12.1 Å². The number of aromatic nitrogens is 1. The van der Waals surface area contributed by atoms with E-state index in [1.807, 2.05) is 24.3 Å². The fraction of sp³-hybridized carbons (Fsp3) is 0.125. The first-order valence-electron chi connectivity index (χ1n) is 3.35. The van der Waals surface area contributed by atoms with Gasteiger partial charge in [0.2, 0.25) is 5.89 Å². The smallest absolute Gasteiger partial charge is 0.221 e. The van der Waals surface area contributed by atoms with Crippen molar-refractivity contribution in [3.05, 3.63) is 30.2 Å². The molecule has 1 aromatic heterocycles. The molecule has 0 aliphatic rings. The molecule has 0 unspecified atom stereocenters. The Morgan fingerprint density at radius 1 is 1.36 bits per heavy atom. The molecule has 1 heterocycles. The van der Waals surface area contributed by atoms with E-state index >= 15 is 0 Å². The Bertz CT molecular complexity index is 334. The summed E-state index contributed by atoms with van der Waals surface area (Å²) in [4.78, 5) is 4.01. The summed E-state index contributed by atoms with van der Waals surface area (Å²) in [5, 5.41) is 8.68. The highest BCUT2D eigenvalue weighted by Gasteiger charge is 2.01. The molecule has 0 saturated heterocycles. The van der Waals surface area contributed by atoms with Crippen molar-refractivity contribution in [2.45, 2.75) is 6.61 Å². The Hall–Kier alpha value is -1.35. The molecule has 1 N–H and O–H groups in total. The standard InChI is InChI=1S/C8H7NO2/c10-5-8-9-6-3-1-2-4-7(6)11-8/h1-4,10H,5H2. The zero-order chi connectivity index (χ0) is 7.68. The van der Waals surface area contributed by atoms with E-state index in [1.165, 1.54) is 0 Å². The molecule has 56 valence electrons. The fourth-order valence-electron chi connectivity index (χ4n) is 0.988. The maximum atomic E-state index is 8.68. The summed E-state index contributed by atoms with van der Waals surface area (Å²) in [6.07, 6.45) is 0. The predicted molar refractivity (Wildman–Crippen MR) is 39.9 cm³/mol. The van der Waals surface area contributed by atoms with Crippen LogP contribution in [0.15, 0.2) is 28.7 Å². The second-order valence-corrected chi connectivity index (χ2v) is 2.23. The highest BCUT2D eigenvalue weighted by atomic mass is 16.4. The molecule has 11 heavy (non-hydrogen) atoms. The minimum Gasteiger partial charge on any atom is -0.438 e. The van der Waals surface area contributed by atoms with Crippen molar-refractivity contribution in [3.63, 3.8) is 0 Å². The van der Waals surface area contributed by atoms with Crippen molar-refractivity contribution in [2.24, 2.45) is 0 Å². The zero-order valence-corrected chi connectivity index (χ0v) is 5.82. The number of benzene rings is 1. The average molecular weight is 149 g/mol. The predicted octanol–water partition coefficient (Wildman–Crippen LogP) is 1.32. The summed E-state index contributed by atoms with van der Waals surface area (Å²) in [6, 6.07) is 7.42. The summed E-state index contributed by atoms with van der Waals surface area (Å²) in [5.41, 5.74) is 1.51. The lowest BCUT2D eigenvalue weighted by Gasteiger charge is -1.80. The molecule has 0 atom stereocenters. The molecular formula is C8H7NO2. The molecule has 1 aromatic carbocycles. The molecule has 0 radical (unpaired) electrons. The van der Waals surface area contributed by atoms with Crippen LogP contribution in [0.4, 0.5) is 0 Å². The van der Waals surface area contributed by atoms with Crippen LogP contribution < -0.4 is 0 Å². The van der Waals surface area contributed by atoms with Crippen molar-refractivity contribution in [3.8, 4) is 0 Å². The van der Waals surface area contributed by atoms with Gasteiger partial charge in [0.1, 0.15) is 12.1 Å². The van der Waals surface area contributed by atoms with E-state index in [4.69, 9.17) is 9.52 Å². The maximum Gasteiger partial charge on any atom is 0.221 e. The number of hydrogen-bond acceptors (Lipinski definition) is 3. The molecule has 0 aliphatic carbocycles. The largest absolute Gasteiger partial charge is 0.438 e. The van der Waals surface area contributed by atoms with Crippen LogP contribution in [0.3, 0.4) is 0 Å². The fourth-order valence-corrected chi connectivity index (χ4v) is 0.988. The minimum absolute atomic E-state index is 0.144. The van der Waals surface area contributed by atoms with E-state index in [1.54, 1.807) is 0 Å². The summed E-state index contributed by atoms with van der Waals surface area (Å²) in [6.45, 7) is -0.144. The average Bonchev–Trinajstić information content (AvgIpc) is 2.46. The van der Waals surface area contributed by atoms with Gasteiger partial charge in [-0.15, -0.1) is 0 Å². The number of fused-ring (bicyclic) bond motifs is 1. The van der Waals surface area contributed by atoms with Crippen LogP contribution >= 0.6 is 0 Å². The normalized spacial score (nSPS) is 10.6. The Balaban J connectivity index is 2.69. The quantitative estimate of drug-likeness (QED) is 0.665. The third kappa shape index (κ3) is 0.991. The number of hydrogen-bond donors (Lipinski definition) is 1. The second-order valence-electron chi connectivity index (χ2n) is 2.23. The van der Waals surface area contributed by atoms with E-state index in [0.29, 0.717) is 5.89 Å². The van der Waals surface area contributed by atoms with Crippen molar-refractivity contribution in [2.75, 3.05) is 0 Å². The Labute approximate surface area is 63.3 Å². The van der Waals surface area contributed by atoms with Crippen LogP contribution in [0.2, 0.25) is 0 Å². The first-order valence-corrected chi connectivity index (χ1v) is 3.35. The van der Waals surface area contributed by atoms with Crippen LogP contribution in [0.5, 0.6) is 0 Å². The molecule has 0 saturated carbocycles. The molecule has 0 aliphatic heterocycles. The molecule has 3 nitrogen and oxygen atoms in total. The Morgan fingerprint density at radius 2 is 2.18 bits per heavy atom. The Kier molecular flexibility index (Phi) is 1.36. The second kappa shape index (κ2) is 2.36. The number of aliphatic hydroxyl groups is 1. The lowest BCUT2D eigenvalue weighted by Crippen LogP contribution is -1.78. The van der Waals surface area contributed by atoms with E-state index in [0.717, 1.165) is 11.1 Å². The third-order valence-electron chi connectivity index (χ3n) is 1.47. The highest BCUT2D eigenvalue weighted by Crippen LogP contribution is 2.13. The van der Waals surface area contributed by atoms with Gasteiger partial charge in [0.15, 0.2) is 5.58 Å². The lowest BCUT2D eigenvalue weighted by molar-refractivity contribution is 0.244. The molecule has 0 amide bonds. The van der Waals surface area contributed by atoms with Crippen molar-refractivity contribution < 1.29 is 9.52 Å². The van der Waals surface area contributed by atoms with Gasteiger partial charge in [0, 0.05) is 0 Å². The van der Waals surface area contributed by atoms with Gasteiger partial charge in [-0.3, -0.25) is 0 Å². The van der Waals surface area contributed by atoms with Gasteiger partial charge in [0.05, 0.1) is 0 Å². The van der Waals surface area contributed by atoms with Gasteiger partial charge < -0.3 is 9.52 Å². The summed E-state index contributed by atoms with van der Waals surface area (Å²) < 4.78 is 5.16.